The first-order chi connectivity index (χ1) is 15.5. The van der Waals surface area contributed by atoms with Gasteiger partial charge < -0.3 is 14.2 Å². The van der Waals surface area contributed by atoms with Crippen LogP contribution in [0, 0.1) is 10.1 Å². The molecule has 1 aliphatic heterocycles. The average molecular weight is 454 g/mol. The topological polar surface area (TPSA) is 95.2 Å². The third-order valence-electron chi connectivity index (χ3n) is 5.08. The number of hydrogen-bond acceptors (Lipinski definition) is 7. The second-order valence-corrected chi connectivity index (χ2v) is 7.42. The zero-order valence-corrected chi connectivity index (χ0v) is 18.1. The molecule has 0 aromatic heterocycles. The summed E-state index contributed by atoms with van der Waals surface area (Å²) in [5, 5.41) is 16.1. The normalized spacial score (nSPS) is 16.1. The van der Waals surface area contributed by atoms with Gasteiger partial charge in [0, 0.05) is 41.3 Å². The molecular weight excluding hydrogens is 434 g/mol. The number of rotatable bonds is 6. The van der Waals surface area contributed by atoms with Crippen LogP contribution in [-0.4, -0.2) is 24.9 Å². The van der Waals surface area contributed by atoms with Gasteiger partial charge in [-0.15, -0.1) is 0 Å². The van der Waals surface area contributed by atoms with E-state index in [-0.39, 0.29) is 11.8 Å². The number of fused-ring (bicyclic) bond motifs is 1. The molecular formula is C23H20ClN3O5. The lowest BCUT2D eigenvalue weighted by molar-refractivity contribution is -0.384. The Morgan fingerprint density at radius 2 is 1.88 bits per heavy atom. The van der Waals surface area contributed by atoms with E-state index in [0.29, 0.717) is 45.7 Å². The highest BCUT2D eigenvalue weighted by atomic mass is 35.5. The molecule has 0 amide bonds. The van der Waals surface area contributed by atoms with E-state index in [1.807, 2.05) is 24.3 Å². The maximum Gasteiger partial charge on any atom is 0.269 e. The van der Waals surface area contributed by atoms with Crippen LogP contribution in [0.3, 0.4) is 0 Å². The molecule has 1 aliphatic rings. The number of non-ortho nitro benzene ring substituents is 1. The molecule has 1 atom stereocenters. The van der Waals surface area contributed by atoms with Crippen molar-refractivity contribution in [2.24, 2.45) is 5.10 Å². The summed E-state index contributed by atoms with van der Waals surface area (Å²) < 4.78 is 17.2. The highest BCUT2D eigenvalue weighted by Gasteiger charge is 2.31. The number of nitro benzene ring substituents is 1. The Morgan fingerprint density at radius 1 is 1.12 bits per heavy atom. The van der Waals surface area contributed by atoms with Crippen molar-refractivity contribution in [1.82, 2.24) is 0 Å². The third-order valence-corrected chi connectivity index (χ3v) is 5.43. The molecule has 1 heterocycles. The van der Waals surface area contributed by atoms with Gasteiger partial charge in [0.25, 0.3) is 5.69 Å². The van der Waals surface area contributed by atoms with Gasteiger partial charge in [0.1, 0.15) is 23.4 Å². The van der Waals surface area contributed by atoms with Gasteiger partial charge >= 0.3 is 0 Å². The van der Waals surface area contributed by atoms with E-state index < -0.39 is 4.92 Å². The summed E-state index contributed by atoms with van der Waals surface area (Å²) in [5.74, 6) is 1.70. The number of hydrazone groups is 1. The van der Waals surface area contributed by atoms with Crippen LogP contribution >= 0.6 is 11.6 Å². The lowest BCUT2D eigenvalue weighted by Crippen LogP contribution is -2.23. The van der Waals surface area contributed by atoms with Gasteiger partial charge in [0.05, 0.1) is 36.1 Å². The summed E-state index contributed by atoms with van der Waals surface area (Å²) >= 11 is 6.42. The number of anilines is 1. The summed E-state index contributed by atoms with van der Waals surface area (Å²) in [6.07, 6.45) is 0.0600. The number of methoxy groups -OCH3 is 2. The number of ether oxygens (including phenoxy) is 3. The van der Waals surface area contributed by atoms with Crippen LogP contribution in [0.4, 0.5) is 11.4 Å². The minimum absolute atomic E-state index is 0.00663. The molecule has 164 valence electrons. The summed E-state index contributed by atoms with van der Waals surface area (Å²) in [6, 6.07) is 17.1. The number of nitrogens with zero attached hydrogens (tertiary/aromatic N) is 2. The summed E-state index contributed by atoms with van der Waals surface area (Å²) in [5.41, 5.74) is 5.82. The van der Waals surface area contributed by atoms with E-state index in [4.69, 9.17) is 25.8 Å². The van der Waals surface area contributed by atoms with Gasteiger partial charge in [-0.2, -0.15) is 5.10 Å². The Bertz CT molecular complexity index is 1180. The van der Waals surface area contributed by atoms with Crippen molar-refractivity contribution in [2.75, 3.05) is 19.6 Å². The van der Waals surface area contributed by atoms with Crippen molar-refractivity contribution in [2.45, 2.75) is 12.5 Å². The monoisotopic (exact) mass is 453 g/mol. The molecule has 0 aliphatic carbocycles. The number of nitro groups is 1. The zero-order chi connectivity index (χ0) is 22.7. The Balaban J connectivity index is 1.74. The molecule has 3 aromatic carbocycles. The first-order valence-electron chi connectivity index (χ1n) is 9.74. The predicted octanol–water partition coefficient (Wildman–Crippen LogP) is 5.61. The second-order valence-electron chi connectivity index (χ2n) is 7.01. The lowest BCUT2D eigenvalue weighted by atomic mass is 9.94. The minimum Gasteiger partial charge on any atom is -0.496 e. The Hall–Kier alpha value is -3.78. The number of hydrogen-bond donors (Lipinski definition) is 1. The van der Waals surface area contributed by atoms with Crippen LogP contribution in [0.2, 0.25) is 5.02 Å². The first-order valence-corrected chi connectivity index (χ1v) is 10.1. The van der Waals surface area contributed by atoms with Gasteiger partial charge in [-0.3, -0.25) is 15.5 Å². The van der Waals surface area contributed by atoms with E-state index >= 15 is 0 Å². The largest absolute Gasteiger partial charge is 0.496 e. The Morgan fingerprint density at radius 3 is 2.53 bits per heavy atom. The van der Waals surface area contributed by atoms with Gasteiger partial charge in [-0.05, 0) is 18.2 Å². The summed E-state index contributed by atoms with van der Waals surface area (Å²) in [7, 11) is 3.14. The molecule has 32 heavy (non-hydrogen) atoms. The SMILES string of the molecule is COc1cc(OC)c2c(c1)OC(c1ccccc1Cl)C/C2=N\Nc1ccc([N+](=O)[O-])cc1. The molecule has 0 radical (unpaired) electrons. The molecule has 1 unspecified atom stereocenters. The fourth-order valence-electron chi connectivity index (χ4n) is 3.50. The van der Waals surface area contributed by atoms with Crippen LogP contribution in [0.25, 0.3) is 0 Å². The summed E-state index contributed by atoms with van der Waals surface area (Å²) in [6.45, 7) is 0. The minimum atomic E-state index is -0.448. The molecule has 0 fully saturated rings. The fourth-order valence-corrected chi connectivity index (χ4v) is 3.75. The molecule has 9 heteroatoms. The zero-order valence-electron chi connectivity index (χ0n) is 17.4. The van der Waals surface area contributed by atoms with Crippen LogP contribution in [0.1, 0.15) is 23.7 Å². The van der Waals surface area contributed by atoms with E-state index in [9.17, 15) is 10.1 Å². The van der Waals surface area contributed by atoms with Crippen molar-refractivity contribution < 1.29 is 19.1 Å². The number of halogens is 1. The van der Waals surface area contributed by atoms with Crippen LogP contribution < -0.4 is 19.6 Å². The second kappa shape index (κ2) is 9.15. The maximum absolute atomic E-state index is 10.9. The van der Waals surface area contributed by atoms with E-state index in [1.165, 1.54) is 12.1 Å². The number of benzene rings is 3. The van der Waals surface area contributed by atoms with Crippen LogP contribution in [0.5, 0.6) is 17.2 Å². The highest BCUT2D eigenvalue weighted by molar-refractivity contribution is 6.31. The molecule has 3 aromatic rings. The maximum atomic E-state index is 10.9. The molecule has 0 saturated carbocycles. The van der Waals surface area contributed by atoms with E-state index in [2.05, 4.69) is 10.5 Å². The lowest BCUT2D eigenvalue weighted by Gasteiger charge is -2.29. The average Bonchev–Trinajstić information content (AvgIpc) is 2.82. The molecule has 1 N–H and O–H groups in total. The molecule has 0 saturated heterocycles. The van der Waals surface area contributed by atoms with Gasteiger partial charge in [0.2, 0.25) is 0 Å². The Kier molecular flexibility index (Phi) is 6.13. The van der Waals surface area contributed by atoms with Gasteiger partial charge in [-0.1, -0.05) is 29.8 Å². The quantitative estimate of drug-likeness (QED) is 0.385. The molecule has 0 spiro atoms. The first kappa shape index (κ1) is 21.5. The van der Waals surface area contributed by atoms with E-state index in [1.54, 1.807) is 38.5 Å². The fraction of sp³-hybridized carbons (Fsp3) is 0.174. The smallest absolute Gasteiger partial charge is 0.269 e. The van der Waals surface area contributed by atoms with Gasteiger partial charge in [-0.25, -0.2) is 0 Å². The summed E-state index contributed by atoms with van der Waals surface area (Å²) in [4.78, 5) is 10.4. The van der Waals surface area contributed by atoms with Gasteiger partial charge in [0.15, 0.2) is 0 Å². The number of nitrogens with one attached hydrogen (secondary N) is 1. The molecule has 0 bridgehead atoms. The predicted molar refractivity (Wildman–Crippen MR) is 122 cm³/mol. The van der Waals surface area contributed by atoms with E-state index in [0.717, 1.165) is 5.56 Å². The van der Waals surface area contributed by atoms with Crippen molar-refractivity contribution in [3.8, 4) is 17.2 Å². The Labute approximate surface area is 189 Å². The molecule has 8 nitrogen and oxygen atoms in total. The van der Waals surface area contributed by atoms with Crippen molar-refractivity contribution >= 4 is 28.7 Å². The van der Waals surface area contributed by atoms with Crippen molar-refractivity contribution in [1.29, 1.82) is 0 Å². The highest BCUT2D eigenvalue weighted by Crippen LogP contribution is 2.43. The molecule has 4 rings (SSSR count). The standard InChI is InChI=1S/C23H20ClN3O5/c1-30-16-11-21(31-2)23-19(26-25-14-7-9-15(10-8-14)27(28)29)13-20(32-22(23)12-16)17-5-3-4-6-18(17)24/h3-12,20,25H,13H2,1-2H3/b26-19+. The van der Waals surface area contributed by atoms with Crippen LogP contribution in [0.15, 0.2) is 65.8 Å². The van der Waals surface area contributed by atoms with Crippen LogP contribution in [-0.2, 0) is 0 Å². The third kappa shape index (κ3) is 4.31. The van der Waals surface area contributed by atoms with Crippen molar-refractivity contribution in [3.05, 3.63) is 86.9 Å². The van der Waals surface area contributed by atoms with Crippen molar-refractivity contribution in [3.63, 3.8) is 0 Å².